The fourth-order valence-corrected chi connectivity index (χ4v) is 3.95. The topological polar surface area (TPSA) is 66.7 Å². The lowest BCUT2D eigenvalue weighted by Crippen LogP contribution is -2.36. The average molecular weight is 430 g/mol. The molecule has 1 fully saturated rings. The minimum atomic E-state index is 0.768. The second-order valence-electron chi connectivity index (χ2n) is 8.23. The summed E-state index contributed by atoms with van der Waals surface area (Å²) in [6, 6.07) is 18.6. The van der Waals surface area contributed by atoms with Crippen molar-refractivity contribution < 1.29 is 9.15 Å². The van der Waals surface area contributed by atoms with E-state index < -0.39 is 0 Å². The van der Waals surface area contributed by atoms with E-state index in [4.69, 9.17) is 9.15 Å². The van der Waals surface area contributed by atoms with E-state index in [1.54, 1.807) is 6.33 Å². The maximum Gasteiger partial charge on any atom is 0.141 e. The van der Waals surface area contributed by atoms with Crippen molar-refractivity contribution in [3.8, 4) is 11.3 Å². The number of hydrogen-bond donors (Lipinski definition) is 1. The van der Waals surface area contributed by atoms with E-state index in [2.05, 4.69) is 55.4 Å². The summed E-state index contributed by atoms with van der Waals surface area (Å²) in [5, 5.41) is 4.41. The highest BCUT2D eigenvalue weighted by Crippen LogP contribution is 2.30. The molecule has 164 valence electrons. The number of anilines is 3. The third kappa shape index (κ3) is 4.44. The first-order valence-electron chi connectivity index (χ1n) is 10.8. The minimum Gasteiger partial charge on any atom is -0.460 e. The molecule has 4 aromatic rings. The lowest BCUT2D eigenvalue weighted by Gasteiger charge is -2.28. The van der Waals surface area contributed by atoms with Crippen LogP contribution in [-0.2, 0) is 11.3 Å². The van der Waals surface area contributed by atoms with E-state index in [-0.39, 0.29) is 0 Å². The molecule has 0 unspecified atom stereocenters. The summed E-state index contributed by atoms with van der Waals surface area (Å²) < 4.78 is 11.5. The molecule has 0 spiro atoms. The highest BCUT2D eigenvalue weighted by Gasteiger charge is 2.12. The Hall–Kier alpha value is -3.42. The Morgan fingerprint density at radius 3 is 2.56 bits per heavy atom. The largest absolute Gasteiger partial charge is 0.460 e. The molecule has 1 aliphatic rings. The molecular formula is C25H27N5O2. The first kappa shape index (κ1) is 20.5. The van der Waals surface area contributed by atoms with Crippen molar-refractivity contribution >= 4 is 28.1 Å². The monoisotopic (exact) mass is 429 g/mol. The molecule has 0 amide bonds. The van der Waals surface area contributed by atoms with Gasteiger partial charge in [-0.1, -0.05) is 0 Å². The molecule has 1 N–H and O–H groups in total. The van der Waals surface area contributed by atoms with Crippen LogP contribution in [0.3, 0.4) is 0 Å². The molecule has 3 heterocycles. The van der Waals surface area contributed by atoms with Gasteiger partial charge >= 0.3 is 0 Å². The van der Waals surface area contributed by atoms with Gasteiger partial charge in [0.25, 0.3) is 0 Å². The molecule has 0 radical (unpaired) electrons. The number of nitrogens with zero attached hydrogens (tertiary/aromatic N) is 4. The van der Waals surface area contributed by atoms with Crippen LogP contribution in [-0.4, -0.2) is 55.3 Å². The van der Waals surface area contributed by atoms with Gasteiger partial charge in [-0.3, -0.25) is 0 Å². The van der Waals surface area contributed by atoms with Crippen LogP contribution in [0.25, 0.3) is 22.2 Å². The first-order chi connectivity index (χ1) is 15.7. The predicted molar refractivity (Wildman–Crippen MR) is 127 cm³/mol. The molecule has 7 heteroatoms. The predicted octanol–water partition coefficient (Wildman–Crippen LogP) is 4.53. The lowest BCUT2D eigenvalue weighted by molar-refractivity contribution is 0.122. The van der Waals surface area contributed by atoms with Crippen LogP contribution in [0.1, 0.15) is 5.76 Å². The Morgan fingerprint density at radius 1 is 0.969 bits per heavy atom. The molecule has 2 aromatic carbocycles. The number of fused-ring (bicyclic) bond motifs is 1. The van der Waals surface area contributed by atoms with Gasteiger partial charge in [-0.25, -0.2) is 9.97 Å². The second-order valence-corrected chi connectivity index (χ2v) is 8.23. The van der Waals surface area contributed by atoms with Crippen molar-refractivity contribution in [3.05, 3.63) is 66.7 Å². The van der Waals surface area contributed by atoms with Crippen LogP contribution in [0, 0.1) is 0 Å². The third-order valence-electron chi connectivity index (χ3n) is 5.56. The Labute approximate surface area is 187 Å². The molecule has 2 aromatic heterocycles. The highest BCUT2D eigenvalue weighted by molar-refractivity contribution is 5.93. The van der Waals surface area contributed by atoms with Crippen LogP contribution >= 0.6 is 0 Å². The number of ether oxygens (including phenoxy) is 1. The van der Waals surface area contributed by atoms with E-state index in [1.807, 2.05) is 38.4 Å². The van der Waals surface area contributed by atoms with E-state index in [0.29, 0.717) is 0 Å². The summed E-state index contributed by atoms with van der Waals surface area (Å²) in [4.78, 5) is 13.4. The molecule has 7 nitrogen and oxygen atoms in total. The fraction of sp³-hybridized carbons (Fsp3) is 0.280. The summed E-state index contributed by atoms with van der Waals surface area (Å²) >= 11 is 0. The SMILES string of the molecule is CN(C)Cc1ccc(-c2ccc3ncnc(Nc4ccc(N5CCOCC5)cc4)c3c2)o1. The molecule has 0 bridgehead atoms. The van der Waals surface area contributed by atoms with Crippen LogP contribution in [0.5, 0.6) is 0 Å². The second kappa shape index (κ2) is 8.98. The van der Waals surface area contributed by atoms with Gasteiger partial charge in [0.15, 0.2) is 0 Å². The van der Waals surface area contributed by atoms with Crippen molar-refractivity contribution in [1.82, 2.24) is 14.9 Å². The molecule has 32 heavy (non-hydrogen) atoms. The zero-order valence-electron chi connectivity index (χ0n) is 18.4. The zero-order valence-corrected chi connectivity index (χ0v) is 18.4. The van der Waals surface area contributed by atoms with Gasteiger partial charge in [-0.05, 0) is 68.7 Å². The highest BCUT2D eigenvalue weighted by atomic mass is 16.5. The van der Waals surface area contributed by atoms with E-state index in [9.17, 15) is 0 Å². The van der Waals surface area contributed by atoms with Gasteiger partial charge < -0.3 is 24.3 Å². The van der Waals surface area contributed by atoms with Crippen molar-refractivity contribution in [2.24, 2.45) is 0 Å². The first-order valence-corrected chi connectivity index (χ1v) is 10.8. The van der Waals surface area contributed by atoms with Crippen LogP contribution in [0.15, 0.2) is 65.3 Å². The molecule has 0 aliphatic carbocycles. The Bertz CT molecular complexity index is 1200. The number of morpholine rings is 1. The number of furan rings is 1. The van der Waals surface area contributed by atoms with Crippen molar-refractivity contribution in [2.45, 2.75) is 6.54 Å². The Balaban J connectivity index is 1.40. The van der Waals surface area contributed by atoms with E-state index in [1.165, 1.54) is 5.69 Å². The van der Waals surface area contributed by atoms with Gasteiger partial charge in [-0.15, -0.1) is 0 Å². The summed E-state index contributed by atoms with van der Waals surface area (Å²) in [6.07, 6.45) is 1.59. The summed E-state index contributed by atoms with van der Waals surface area (Å²) in [5.41, 5.74) is 4.08. The van der Waals surface area contributed by atoms with Gasteiger partial charge in [0.05, 0.1) is 25.3 Å². The fourth-order valence-electron chi connectivity index (χ4n) is 3.95. The smallest absolute Gasteiger partial charge is 0.141 e. The quantitative estimate of drug-likeness (QED) is 0.483. The normalized spacial score (nSPS) is 14.3. The maximum atomic E-state index is 6.04. The number of benzene rings is 2. The van der Waals surface area contributed by atoms with Gasteiger partial charge in [-0.2, -0.15) is 0 Å². The van der Waals surface area contributed by atoms with Crippen LogP contribution < -0.4 is 10.2 Å². The molecule has 1 saturated heterocycles. The van der Waals surface area contributed by atoms with Crippen molar-refractivity contribution in [2.75, 3.05) is 50.6 Å². The van der Waals surface area contributed by atoms with E-state index >= 15 is 0 Å². The van der Waals surface area contributed by atoms with Gasteiger partial charge in [0.1, 0.15) is 23.7 Å². The van der Waals surface area contributed by atoms with Crippen LogP contribution in [0.4, 0.5) is 17.2 Å². The minimum absolute atomic E-state index is 0.768. The number of rotatable bonds is 6. The third-order valence-corrected chi connectivity index (χ3v) is 5.56. The van der Waals surface area contributed by atoms with E-state index in [0.717, 1.165) is 72.3 Å². The Kier molecular flexibility index (Phi) is 5.75. The number of nitrogens with one attached hydrogen (secondary N) is 1. The van der Waals surface area contributed by atoms with Gasteiger partial charge in [0, 0.05) is 35.4 Å². The van der Waals surface area contributed by atoms with Crippen molar-refractivity contribution in [1.29, 1.82) is 0 Å². The molecular weight excluding hydrogens is 402 g/mol. The van der Waals surface area contributed by atoms with Crippen molar-refractivity contribution in [3.63, 3.8) is 0 Å². The number of aromatic nitrogens is 2. The maximum absolute atomic E-state index is 6.04. The Morgan fingerprint density at radius 2 is 1.78 bits per heavy atom. The lowest BCUT2D eigenvalue weighted by atomic mass is 10.1. The summed E-state index contributed by atoms with van der Waals surface area (Å²) in [7, 11) is 4.06. The molecule has 5 rings (SSSR count). The summed E-state index contributed by atoms with van der Waals surface area (Å²) in [5.74, 6) is 2.55. The molecule has 0 atom stereocenters. The van der Waals surface area contributed by atoms with Crippen LogP contribution in [0.2, 0.25) is 0 Å². The molecule has 1 aliphatic heterocycles. The number of hydrogen-bond acceptors (Lipinski definition) is 7. The molecule has 0 saturated carbocycles. The van der Waals surface area contributed by atoms with Gasteiger partial charge in [0.2, 0.25) is 0 Å². The average Bonchev–Trinajstić information content (AvgIpc) is 3.28. The summed E-state index contributed by atoms with van der Waals surface area (Å²) in [6.45, 7) is 4.18. The standard InChI is InChI=1S/C25H27N5O2/c1-29(2)16-21-8-10-24(32-21)18-3-9-23-22(15-18)25(27-17-26-23)28-19-4-6-20(7-5-19)30-11-13-31-14-12-30/h3-10,15,17H,11-14,16H2,1-2H3,(H,26,27,28). The zero-order chi connectivity index (χ0) is 21.9.